The summed E-state index contributed by atoms with van der Waals surface area (Å²) in [7, 11) is 0. The zero-order chi connectivity index (χ0) is 13.2. The maximum absolute atomic E-state index is 13.6. The summed E-state index contributed by atoms with van der Waals surface area (Å²) in [6, 6.07) is 7.43. The fourth-order valence-corrected chi connectivity index (χ4v) is 4.47. The highest BCUT2D eigenvalue weighted by Gasteiger charge is 2.35. The third-order valence-corrected chi connectivity index (χ3v) is 5.43. The lowest BCUT2D eigenvalue weighted by Gasteiger charge is -2.28. The van der Waals surface area contributed by atoms with Crippen molar-refractivity contribution in [2.24, 2.45) is 16.6 Å². The van der Waals surface area contributed by atoms with E-state index in [4.69, 9.17) is 10.7 Å². The van der Waals surface area contributed by atoms with Crippen molar-refractivity contribution in [3.63, 3.8) is 0 Å². The van der Waals surface area contributed by atoms with E-state index in [1.54, 1.807) is 6.07 Å². The van der Waals surface area contributed by atoms with Crippen LogP contribution in [0.2, 0.25) is 0 Å². The van der Waals surface area contributed by atoms with Gasteiger partial charge in [-0.15, -0.1) is 11.8 Å². The number of hydrogen-bond acceptors (Lipinski definition) is 3. The van der Waals surface area contributed by atoms with Crippen LogP contribution in [0.3, 0.4) is 0 Å². The molecule has 1 heterocycles. The number of rotatable bonds is 3. The first-order chi connectivity index (χ1) is 9.26. The van der Waals surface area contributed by atoms with Gasteiger partial charge in [0.05, 0.1) is 11.1 Å². The van der Waals surface area contributed by atoms with Crippen molar-refractivity contribution in [1.29, 1.82) is 0 Å². The Morgan fingerprint density at radius 2 is 2.16 bits per heavy atom. The summed E-state index contributed by atoms with van der Waals surface area (Å²) in [6.45, 7) is 0.784. The number of halogens is 1. The molecule has 0 bridgehead atoms. The van der Waals surface area contributed by atoms with Crippen LogP contribution in [-0.4, -0.2) is 22.9 Å². The second kappa shape index (κ2) is 5.63. The Morgan fingerprint density at radius 1 is 1.32 bits per heavy atom. The number of fused-ring (bicyclic) bond motifs is 1. The molecule has 3 rings (SSSR count). The van der Waals surface area contributed by atoms with Crippen molar-refractivity contribution in [3.8, 4) is 0 Å². The Labute approximate surface area is 117 Å². The van der Waals surface area contributed by atoms with E-state index < -0.39 is 0 Å². The fourth-order valence-electron chi connectivity index (χ4n) is 2.97. The van der Waals surface area contributed by atoms with Crippen LogP contribution in [-0.2, 0) is 6.42 Å². The van der Waals surface area contributed by atoms with Crippen molar-refractivity contribution in [3.05, 3.63) is 35.6 Å². The first-order valence-corrected chi connectivity index (χ1v) is 7.81. The second-order valence-electron chi connectivity index (χ2n) is 5.43. The van der Waals surface area contributed by atoms with Crippen LogP contribution in [0.15, 0.2) is 29.3 Å². The van der Waals surface area contributed by atoms with Gasteiger partial charge in [-0.05, 0) is 43.4 Å². The number of thioether (sulfide) groups is 1. The van der Waals surface area contributed by atoms with Gasteiger partial charge in [-0.3, -0.25) is 4.99 Å². The van der Waals surface area contributed by atoms with E-state index in [0.29, 0.717) is 23.6 Å². The van der Waals surface area contributed by atoms with Gasteiger partial charge in [0, 0.05) is 11.7 Å². The Morgan fingerprint density at radius 3 is 2.95 bits per heavy atom. The highest BCUT2D eigenvalue weighted by atomic mass is 32.2. The molecule has 1 aliphatic carbocycles. The molecule has 4 heteroatoms. The minimum absolute atomic E-state index is 0.125. The van der Waals surface area contributed by atoms with Crippen LogP contribution in [0.1, 0.15) is 24.8 Å². The Kier molecular flexibility index (Phi) is 3.89. The molecule has 0 aromatic heterocycles. The highest BCUT2D eigenvalue weighted by molar-refractivity contribution is 8.14. The van der Waals surface area contributed by atoms with Gasteiger partial charge in [-0.2, -0.15) is 0 Å². The Hall–Kier alpha value is -0.870. The lowest BCUT2D eigenvalue weighted by atomic mass is 9.86. The molecule has 3 atom stereocenters. The topological polar surface area (TPSA) is 38.4 Å². The molecular weight excluding hydrogens is 259 g/mol. The molecule has 2 aliphatic rings. The lowest BCUT2D eigenvalue weighted by Crippen LogP contribution is -2.31. The summed E-state index contributed by atoms with van der Waals surface area (Å²) in [6.07, 6.45) is 4.13. The van der Waals surface area contributed by atoms with Gasteiger partial charge in [-0.1, -0.05) is 18.2 Å². The first-order valence-electron chi connectivity index (χ1n) is 6.93. The second-order valence-corrected chi connectivity index (χ2v) is 6.74. The number of aliphatic imine (C=N–C) groups is 1. The third kappa shape index (κ3) is 2.84. The summed E-state index contributed by atoms with van der Waals surface area (Å²) in [5.74, 6) is 0.525. The van der Waals surface area contributed by atoms with E-state index in [1.807, 2.05) is 23.9 Å². The first kappa shape index (κ1) is 13.1. The molecule has 0 radical (unpaired) electrons. The Balaban J connectivity index is 1.67. The monoisotopic (exact) mass is 278 g/mol. The van der Waals surface area contributed by atoms with Gasteiger partial charge in [-0.25, -0.2) is 4.39 Å². The van der Waals surface area contributed by atoms with Crippen LogP contribution < -0.4 is 5.73 Å². The molecule has 2 nitrogen and oxygen atoms in total. The Bertz CT molecular complexity index is 489. The van der Waals surface area contributed by atoms with Crippen molar-refractivity contribution >= 4 is 16.8 Å². The minimum atomic E-state index is -0.125. The summed E-state index contributed by atoms with van der Waals surface area (Å²) in [5.41, 5.74) is 6.52. The SMILES string of the molecule is NCC1CCC2N=C(Cc3ccccc3F)SC2C1. The lowest BCUT2D eigenvalue weighted by molar-refractivity contribution is 0.347. The molecule has 0 spiro atoms. The summed E-state index contributed by atoms with van der Waals surface area (Å²) in [4.78, 5) is 4.79. The van der Waals surface area contributed by atoms with E-state index in [1.165, 1.54) is 12.5 Å². The number of hydrogen-bond donors (Lipinski definition) is 1. The van der Waals surface area contributed by atoms with Crippen molar-refractivity contribution in [2.45, 2.75) is 37.0 Å². The highest BCUT2D eigenvalue weighted by Crippen LogP contribution is 2.40. The smallest absolute Gasteiger partial charge is 0.126 e. The maximum atomic E-state index is 13.6. The summed E-state index contributed by atoms with van der Waals surface area (Å²) in [5, 5.41) is 1.67. The predicted octanol–water partition coefficient (Wildman–Crippen LogP) is 3.01. The van der Waals surface area contributed by atoms with Crippen LogP contribution >= 0.6 is 11.8 Å². The molecule has 0 amide bonds. The molecule has 3 unspecified atom stereocenters. The molecule has 1 saturated carbocycles. The van der Waals surface area contributed by atoms with Crippen LogP contribution in [0.5, 0.6) is 0 Å². The molecular formula is C15H19FN2S. The molecule has 1 aliphatic heterocycles. The van der Waals surface area contributed by atoms with Gasteiger partial charge in [0.1, 0.15) is 5.82 Å². The molecule has 102 valence electrons. The average molecular weight is 278 g/mol. The van der Waals surface area contributed by atoms with E-state index >= 15 is 0 Å². The standard InChI is InChI=1S/C15H19FN2S/c16-12-4-2-1-3-11(12)8-15-18-13-6-5-10(9-17)7-14(13)19-15/h1-4,10,13-14H,5-9,17H2. The minimum Gasteiger partial charge on any atom is -0.330 e. The molecule has 1 aromatic carbocycles. The molecule has 2 N–H and O–H groups in total. The largest absolute Gasteiger partial charge is 0.330 e. The van der Waals surface area contributed by atoms with Crippen molar-refractivity contribution < 1.29 is 4.39 Å². The molecule has 1 aromatic rings. The number of benzene rings is 1. The van der Waals surface area contributed by atoms with Gasteiger partial charge >= 0.3 is 0 Å². The maximum Gasteiger partial charge on any atom is 0.126 e. The average Bonchev–Trinajstić information content (AvgIpc) is 2.82. The molecule has 19 heavy (non-hydrogen) atoms. The van der Waals surface area contributed by atoms with Crippen molar-refractivity contribution in [2.75, 3.05) is 6.54 Å². The molecule has 1 fully saturated rings. The predicted molar refractivity (Wildman–Crippen MR) is 79.1 cm³/mol. The quantitative estimate of drug-likeness (QED) is 0.923. The van der Waals surface area contributed by atoms with Gasteiger partial charge in [0.15, 0.2) is 0 Å². The van der Waals surface area contributed by atoms with Crippen LogP contribution in [0.4, 0.5) is 4.39 Å². The van der Waals surface area contributed by atoms with Gasteiger partial charge in [0.25, 0.3) is 0 Å². The van der Waals surface area contributed by atoms with Gasteiger partial charge < -0.3 is 5.73 Å². The molecule has 0 saturated heterocycles. The third-order valence-electron chi connectivity index (χ3n) is 4.10. The zero-order valence-corrected chi connectivity index (χ0v) is 11.7. The zero-order valence-electron chi connectivity index (χ0n) is 10.9. The van der Waals surface area contributed by atoms with Gasteiger partial charge in [0.2, 0.25) is 0 Å². The van der Waals surface area contributed by atoms with Crippen LogP contribution in [0, 0.1) is 11.7 Å². The van der Waals surface area contributed by atoms with E-state index in [-0.39, 0.29) is 5.82 Å². The summed E-state index contributed by atoms with van der Waals surface area (Å²) >= 11 is 1.85. The van der Waals surface area contributed by atoms with E-state index in [0.717, 1.165) is 30.0 Å². The van der Waals surface area contributed by atoms with Crippen LogP contribution in [0.25, 0.3) is 0 Å². The number of nitrogens with zero attached hydrogens (tertiary/aromatic N) is 1. The van der Waals surface area contributed by atoms with E-state index in [2.05, 4.69) is 0 Å². The van der Waals surface area contributed by atoms with E-state index in [9.17, 15) is 4.39 Å². The van der Waals surface area contributed by atoms with Crippen molar-refractivity contribution in [1.82, 2.24) is 0 Å². The fraction of sp³-hybridized carbons (Fsp3) is 0.533. The normalized spacial score (nSPS) is 30.0. The number of nitrogens with two attached hydrogens (primary N) is 1. The summed E-state index contributed by atoms with van der Waals surface area (Å²) < 4.78 is 13.6.